The number of nitrogens with one attached hydrogen (secondary N) is 1. The number of carboxylic acids is 1. The van der Waals surface area contributed by atoms with E-state index in [9.17, 15) is 9.59 Å². The number of benzene rings is 1. The standard InChI is InChI=1S/C15H20ClNO3S/c1-15(2,3)13(14(19)20)17-12(18)9-21-8-10-5-4-6-11(16)7-10/h4-7,13H,8-9H2,1-3H3,(H,17,18)(H,19,20)/t13-/m0/s1. The Morgan fingerprint density at radius 3 is 2.57 bits per heavy atom. The number of amides is 1. The monoisotopic (exact) mass is 329 g/mol. The van der Waals surface area contributed by atoms with Gasteiger partial charge in [0.2, 0.25) is 5.91 Å². The molecule has 0 aliphatic carbocycles. The predicted molar refractivity (Wildman–Crippen MR) is 86.6 cm³/mol. The fourth-order valence-electron chi connectivity index (χ4n) is 1.74. The van der Waals surface area contributed by atoms with Gasteiger partial charge in [-0.05, 0) is 23.1 Å². The number of rotatable bonds is 6. The summed E-state index contributed by atoms with van der Waals surface area (Å²) in [5.41, 5.74) is 0.505. The van der Waals surface area contributed by atoms with Gasteiger partial charge in [0.15, 0.2) is 0 Å². The molecule has 1 amide bonds. The third kappa shape index (κ3) is 6.40. The lowest BCUT2D eigenvalue weighted by Crippen LogP contribution is -2.49. The minimum Gasteiger partial charge on any atom is -0.480 e. The fourth-order valence-corrected chi connectivity index (χ4v) is 2.74. The van der Waals surface area contributed by atoms with Gasteiger partial charge >= 0.3 is 5.97 Å². The lowest BCUT2D eigenvalue weighted by molar-refractivity contribution is -0.144. The van der Waals surface area contributed by atoms with Gasteiger partial charge in [-0.3, -0.25) is 4.79 Å². The summed E-state index contributed by atoms with van der Waals surface area (Å²) < 4.78 is 0. The maximum Gasteiger partial charge on any atom is 0.326 e. The minimum absolute atomic E-state index is 0.215. The van der Waals surface area contributed by atoms with E-state index in [1.54, 1.807) is 26.8 Å². The molecule has 0 heterocycles. The quantitative estimate of drug-likeness (QED) is 0.841. The molecule has 116 valence electrons. The second kappa shape index (κ2) is 7.71. The highest BCUT2D eigenvalue weighted by atomic mass is 35.5. The van der Waals surface area contributed by atoms with Crippen LogP contribution in [0.3, 0.4) is 0 Å². The maximum atomic E-state index is 11.8. The summed E-state index contributed by atoms with van der Waals surface area (Å²) in [6.45, 7) is 5.35. The second-order valence-corrected chi connectivity index (χ2v) is 7.25. The molecule has 0 bridgehead atoms. The number of carbonyl (C=O) groups excluding carboxylic acids is 1. The number of carbonyl (C=O) groups is 2. The van der Waals surface area contributed by atoms with Crippen LogP contribution in [-0.4, -0.2) is 28.8 Å². The van der Waals surface area contributed by atoms with Crippen LogP contribution >= 0.6 is 23.4 Å². The van der Waals surface area contributed by atoms with Gasteiger partial charge in [-0.1, -0.05) is 44.5 Å². The normalized spacial score (nSPS) is 12.8. The van der Waals surface area contributed by atoms with Gasteiger partial charge in [0, 0.05) is 10.8 Å². The van der Waals surface area contributed by atoms with Crippen LogP contribution in [0, 0.1) is 5.41 Å². The van der Waals surface area contributed by atoms with E-state index in [4.69, 9.17) is 16.7 Å². The van der Waals surface area contributed by atoms with E-state index in [0.29, 0.717) is 10.8 Å². The Balaban J connectivity index is 2.45. The van der Waals surface area contributed by atoms with Crippen LogP contribution in [0.5, 0.6) is 0 Å². The van der Waals surface area contributed by atoms with Crippen molar-refractivity contribution in [2.75, 3.05) is 5.75 Å². The van der Waals surface area contributed by atoms with Crippen molar-refractivity contribution in [3.63, 3.8) is 0 Å². The summed E-state index contributed by atoms with van der Waals surface area (Å²) in [7, 11) is 0. The van der Waals surface area contributed by atoms with Crippen LogP contribution in [-0.2, 0) is 15.3 Å². The first-order valence-corrected chi connectivity index (χ1v) is 8.08. The molecule has 0 aliphatic heterocycles. The molecule has 0 aliphatic rings. The molecule has 0 fully saturated rings. The molecule has 1 atom stereocenters. The average molecular weight is 330 g/mol. The van der Waals surface area contributed by atoms with Gasteiger partial charge in [-0.25, -0.2) is 4.79 Å². The van der Waals surface area contributed by atoms with Gasteiger partial charge in [-0.2, -0.15) is 0 Å². The zero-order chi connectivity index (χ0) is 16.0. The van der Waals surface area contributed by atoms with Crippen LogP contribution in [0.1, 0.15) is 26.3 Å². The SMILES string of the molecule is CC(C)(C)[C@@H](NC(=O)CSCc1cccc(Cl)c1)C(=O)O. The smallest absolute Gasteiger partial charge is 0.326 e. The van der Waals surface area contributed by atoms with Crippen molar-refractivity contribution in [1.29, 1.82) is 0 Å². The van der Waals surface area contributed by atoms with Gasteiger partial charge in [0.05, 0.1) is 5.75 Å². The van der Waals surface area contributed by atoms with E-state index in [-0.39, 0.29) is 11.7 Å². The van der Waals surface area contributed by atoms with Crippen LogP contribution in [0.4, 0.5) is 0 Å². The topological polar surface area (TPSA) is 66.4 Å². The molecule has 0 saturated carbocycles. The lowest BCUT2D eigenvalue weighted by Gasteiger charge is -2.27. The summed E-state index contributed by atoms with van der Waals surface area (Å²) in [5, 5.41) is 12.4. The first kappa shape index (κ1) is 17.9. The molecule has 4 nitrogen and oxygen atoms in total. The van der Waals surface area contributed by atoms with Crippen molar-refractivity contribution in [2.45, 2.75) is 32.6 Å². The Labute approximate surface area is 134 Å². The maximum absolute atomic E-state index is 11.8. The van der Waals surface area contributed by atoms with E-state index < -0.39 is 17.4 Å². The molecule has 0 aromatic heterocycles. The third-order valence-electron chi connectivity index (χ3n) is 2.81. The zero-order valence-corrected chi connectivity index (χ0v) is 13.9. The second-order valence-electron chi connectivity index (χ2n) is 5.83. The molecule has 6 heteroatoms. The molecule has 1 rings (SSSR count). The largest absolute Gasteiger partial charge is 0.480 e. The van der Waals surface area contributed by atoms with Crippen molar-refractivity contribution in [2.24, 2.45) is 5.41 Å². The number of hydrogen-bond donors (Lipinski definition) is 2. The molecule has 0 unspecified atom stereocenters. The molecular weight excluding hydrogens is 310 g/mol. The Morgan fingerprint density at radius 1 is 1.38 bits per heavy atom. The summed E-state index contributed by atoms with van der Waals surface area (Å²) in [6.07, 6.45) is 0. The number of aliphatic carboxylic acids is 1. The Kier molecular flexibility index (Phi) is 6.55. The molecule has 0 radical (unpaired) electrons. The molecule has 21 heavy (non-hydrogen) atoms. The summed E-state index contributed by atoms with van der Waals surface area (Å²) in [6, 6.07) is 6.55. The highest BCUT2D eigenvalue weighted by Crippen LogP contribution is 2.20. The molecular formula is C15H20ClNO3S. The first-order valence-electron chi connectivity index (χ1n) is 6.54. The van der Waals surface area contributed by atoms with Crippen molar-refractivity contribution in [1.82, 2.24) is 5.32 Å². The fraction of sp³-hybridized carbons (Fsp3) is 0.467. The van der Waals surface area contributed by atoms with Crippen LogP contribution < -0.4 is 5.32 Å². The van der Waals surface area contributed by atoms with Gasteiger partial charge in [-0.15, -0.1) is 11.8 Å². The number of carboxylic acid groups (broad SMARTS) is 1. The summed E-state index contributed by atoms with van der Waals surface area (Å²) >= 11 is 7.31. The van der Waals surface area contributed by atoms with Gasteiger partial charge < -0.3 is 10.4 Å². The molecule has 0 spiro atoms. The van der Waals surface area contributed by atoms with Crippen LogP contribution in [0.25, 0.3) is 0 Å². The average Bonchev–Trinajstić information content (AvgIpc) is 2.34. The van der Waals surface area contributed by atoms with E-state index in [1.807, 2.05) is 18.2 Å². The Morgan fingerprint density at radius 2 is 2.05 bits per heavy atom. The Hall–Kier alpha value is -1.20. The molecule has 2 N–H and O–H groups in total. The van der Waals surface area contributed by atoms with Gasteiger partial charge in [0.1, 0.15) is 6.04 Å². The zero-order valence-electron chi connectivity index (χ0n) is 12.4. The molecule has 0 saturated heterocycles. The lowest BCUT2D eigenvalue weighted by atomic mass is 9.87. The molecule has 1 aromatic carbocycles. The highest BCUT2D eigenvalue weighted by molar-refractivity contribution is 7.99. The third-order valence-corrected chi connectivity index (χ3v) is 4.05. The van der Waals surface area contributed by atoms with E-state index in [2.05, 4.69) is 5.32 Å². The van der Waals surface area contributed by atoms with Crippen LogP contribution in [0.15, 0.2) is 24.3 Å². The van der Waals surface area contributed by atoms with Gasteiger partial charge in [0.25, 0.3) is 0 Å². The van der Waals surface area contributed by atoms with E-state index >= 15 is 0 Å². The van der Waals surface area contributed by atoms with E-state index in [0.717, 1.165) is 5.56 Å². The number of halogens is 1. The minimum atomic E-state index is -1.02. The van der Waals surface area contributed by atoms with Crippen molar-refractivity contribution in [3.05, 3.63) is 34.9 Å². The Bertz CT molecular complexity index is 514. The van der Waals surface area contributed by atoms with Crippen molar-refractivity contribution < 1.29 is 14.7 Å². The van der Waals surface area contributed by atoms with E-state index in [1.165, 1.54) is 11.8 Å². The summed E-state index contributed by atoms with van der Waals surface area (Å²) in [5.74, 6) is -0.423. The number of hydrogen-bond acceptors (Lipinski definition) is 3. The molecule has 1 aromatic rings. The van der Waals surface area contributed by atoms with Crippen molar-refractivity contribution in [3.8, 4) is 0 Å². The highest BCUT2D eigenvalue weighted by Gasteiger charge is 2.32. The number of thioether (sulfide) groups is 1. The van der Waals surface area contributed by atoms with Crippen molar-refractivity contribution >= 4 is 35.2 Å². The van der Waals surface area contributed by atoms with Crippen LogP contribution in [0.2, 0.25) is 5.02 Å². The predicted octanol–water partition coefficient (Wildman–Crippen LogP) is 3.19. The first-order chi connectivity index (χ1) is 9.70. The summed E-state index contributed by atoms with van der Waals surface area (Å²) in [4.78, 5) is 23.0.